The maximum Gasteiger partial charge on any atom is 0.119 e. The number of ether oxygens (including phenoxy) is 3. The molecule has 0 atom stereocenters. The van der Waals surface area contributed by atoms with E-state index in [1.165, 1.54) is 0 Å². The van der Waals surface area contributed by atoms with Gasteiger partial charge in [0, 0.05) is 25.2 Å². The molecule has 1 aromatic carbocycles. The summed E-state index contributed by atoms with van der Waals surface area (Å²) in [5.74, 6) is 0.816. The number of rotatable bonds is 11. The molecule has 0 aromatic heterocycles. The highest BCUT2D eigenvalue weighted by molar-refractivity contribution is 7.80. The molecule has 0 heterocycles. The van der Waals surface area contributed by atoms with Gasteiger partial charge >= 0.3 is 0 Å². The second-order valence-corrected chi connectivity index (χ2v) is 4.76. The van der Waals surface area contributed by atoms with Crippen molar-refractivity contribution in [2.24, 2.45) is 5.73 Å². The lowest BCUT2D eigenvalue weighted by atomic mass is 10.2. The molecule has 1 rings (SSSR count). The molecule has 1 aromatic rings. The highest BCUT2D eigenvalue weighted by Gasteiger charge is 1.97. The number of thiocarbonyl (C=S) groups is 1. The van der Waals surface area contributed by atoms with Crippen molar-refractivity contribution in [3.63, 3.8) is 0 Å². The third-order valence-corrected chi connectivity index (χ3v) is 2.80. The molecule has 112 valence electrons. The Morgan fingerprint density at radius 1 is 1.00 bits per heavy atom. The van der Waals surface area contributed by atoms with Gasteiger partial charge in [-0.3, -0.25) is 0 Å². The summed E-state index contributed by atoms with van der Waals surface area (Å²) in [7, 11) is 0. The molecule has 0 aliphatic rings. The van der Waals surface area contributed by atoms with Crippen LogP contribution in [0.2, 0.25) is 0 Å². The summed E-state index contributed by atoms with van der Waals surface area (Å²) in [6.45, 7) is 5.50. The van der Waals surface area contributed by atoms with E-state index in [2.05, 4.69) is 6.92 Å². The van der Waals surface area contributed by atoms with Crippen LogP contribution in [0.5, 0.6) is 5.75 Å². The first-order valence-electron chi connectivity index (χ1n) is 6.92. The van der Waals surface area contributed by atoms with E-state index in [0.717, 1.165) is 30.8 Å². The summed E-state index contributed by atoms with van der Waals surface area (Å²) in [5, 5.41) is 0. The fourth-order valence-corrected chi connectivity index (χ4v) is 1.67. The van der Waals surface area contributed by atoms with E-state index < -0.39 is 0 Å². The lowest BCUT2D eigenvalue weighted by Crippen LogP contribution is -2.09. The Kier molecular flexibility index (Phi) is 8.95. The van der Waals surface area contributed by atoms with Crippen molar-refractivity contribution in [2.45, 2.75) is 19.8 Å². The Hall–Kier alpha value is -1.17. The van der Waals surface area contributed by atoms with Crippen LogP contribution in [0.3, 0.4) is 0 Å². The largest absolute Gasteiger partial charge is 0.494 e. The van der Waals surface area contributed by atoms with Gasteiger partial charge in [-0.15, -0.1) is 0 Å². The molecule has 0 bridgehead atoms. The molecular formula is C15H23NO3S. The van der Waals surface area contributed by atoms with Crippen LogP contribution >= 0.6 is 12.2 Å². The minimum atomic E-state index is 0.398. The molecule has 0 radical (unpaired) electrons. The highest BCUT2D eigenvalue weighted by atomic mass is 32.1. The average molecular weight is 297 g/mol. The molecule has 0 aliphatic heterocycles. The quantitative estimate of drug-likeness (QED) is 0.502. The Balaban J connectivity index is 2.02. The van der Waals surface area contributed by atoms with Crippen LogP contribution in [0.4, 0.5) is 0 Å². The van der Waals surface area contributed by atoms with Crippen LogP contribution < -0.4 is 10.5 Å². The minimum Gasteiger partial charge on any atom is -0.494 e. The topological polar surface area (TPSA) is 53.7 Å². The van der Waals surface area contributed by atoms with Crippen molar-refractivity contribution in [3.8, 4) is 5.75 Å². The van der Waals surface area contributed by atoms with E-state index in [9.17, 15) is 0 Å². The first-order chi connectivity index (χ1) is 9.74. The van der Waals surface area contributed by atoms with Crippen LogP contribution in [0.25, 0.3) is 0 Å². The number of hydrogen-bond donors (Lipinski definition) is 1. The SMILES string of the molecule is CCCOCCOCCCOc1ccc(C(N)=S)cc1. The Labute approximate surface area is 126 Å². The lowest BCUT2D eigenvalue weighted by Gasteiger charge is -2.08. The predicted molar refractivity (Wildman–Crippen MR) is 84.4 cm³/mol. The monoisotopic (exact) mass is 297 g/mol. The van der Waals surface area contributed by atoms with Gasteiger partial charge < -0.3 is 19.9 Å². The van der Waals surface area contributed by atoms with Gasteiger partial charge in [0.15, 0.2) is 0 Å². The van der Waals surface area contributed by atoms with Gasteiger partial charge in [0.05, 0.1) is 19.8 Å². The molecule has 20 heavy (non-hydrogen) atoms. The Bertz CT molecular complexity index is 381. The smallest absolute Gasteiger partial charge is 0.119 e. The van der Waals surface area contributed by atoms with E-state index in [1.54, 1.807) is 0 Å². The molecule has 2 N–H and O–H groups in total. The molecule has 0 amide bonds. The first-order valence-corrected chi connectivity index (χ1v) is 7.33. The maximum absolute atomic E-state index is 5.59. The fourth-order valence-electron chi connectivity index (χ4n) is 1.53. The van der Waals surface area contributed by atoms with Crippen molar-refractivity contribution in [1.29, 1.82) is 0 Å². The normalized spacial score (nSPS) is 10.4. The van der Waals surface area contributed by atoms with Crippen molar-refractivity contribution in [2.75, 3.05) is 33.0 Å². The second-order valence-electron chi connectivity index (χ2n) is 4.32. The van der Waals surface area contributed by atoms with Gasteiger partial charge in [0.2, 0.25) is 0 Å². The molecule has 4 nitrogen and oxygen atoms in total. The van der Waals surface area contributed by atoms with Gasteiger partial charge in [0.1, 0.15) is 10.7 Å². The molecular weight excluding hydrogens is 274 g/mol. The predicted octanol–water partition coefficient (Wildman–Crippen LogP) is 2.53. The number of benzene rings is 1. The average Bonchev–Trinajstić information content (AvgIpc) is 2.46. The van der Waals surface area contributed by atoms with Crippen LogP contribution in [0, 0.1) is 0 Å². The summed E-state index contributed by atoms with van der Waals surface area (Å²) in [5.41, 5.74) is 6.38. The summed E-state index contributed by atoms with van der Waals surface area (Å²) >= 11 is 4.89. The second kappa shape index (κ2) is 10.6. The minimum absolute atomic E-state index is 0.398. The third kappa shape index (κ3) is 7.43. The number of nitrogens with two attached hydrogens (primary N) is 1. The van der Waals surface area contributed by atoms with Crippen LogP contribution in [-0.4, -0.2) is 38.0 Å². The summed E-state index contributed by atoms with van der Waals surface area (Å²) in [6, 6.07) is 7.46. The zero-order chi connectivity index (χ0) is 14.6. The standard InChI is InChI=1S/C15H23NO3S/c1-2-8-17-11-12-18-9-3-10-19-14-6-4-13(5-7-14)15(16)20/h4-7H,2-3,8-12H2,1H3,(H2,16,20). The molecule has 0 aliphatic carbocycles. The zero-order valence-electron chi connectivity index (χ0n) is 12.0. The molecule has 0 saturated carbocycles. The zero-order valence-corrected chi connectivity index (χ0v) is 12.8. The van der Waals surface area contributed by atoms with Gasteiger partial charge in [-0.05, 0) is 30.7 Å². The van der Waals surface area contributed by atoms with Gasteiger partial charge in [-0.1, -0.05) is 19.1 Å². The van der Waals surface area contributed by atoms with E-state index in [1.807, 2.05) is 24.3 Å². The molecule has 0 fully saturated rings. The highest BCUT2D eigenvalue weighted by Crippen LogP contribution is 2.12. The number of hydrogen-bond acceptors (Lipinski definition) is 4. The molecule has 0 spiro atoms. The van der Waals surface area contributed by atoms with E-state index >= 15 is 0 Å². The lowest BCUT2D eigenvalue weighted by molar-refractivity contribution is 0.0438. The van der Waals surface area contributed by atoms with Crippen molar-refractivity contribution in [3.05, 3.63) is 29.8 Å². The summed E-state index contributed by atoms with van der Waals surface area (Å²) in [4.78, 5) is 0.398. The van der Waals surface area contributed by atoms with E-state index in [4.69, 9.17) is 32.2 Å². The summed E-state index contributed by atoms with van der Waals surface area (Å²) < 4.78 is 16.3. The third-order valence-electron chi connectivity index (χ3n) is 2.56. The molecule has 0 unspecified atom stereocenters. The first kappa shape index (κ1) is 16.9. The molecule has 0 saturated heterocycles. The van der Waals surface area contributed by atoms with Gasteiger partial charge in [0.25, 0.3) is 0 Å². The van der Waals surface area contributed by atoms with Crippen molar-refractivity contribution < 1.29 is 14.2 Å². The Morgan fingerprint density at radius 2 is 1.65 bits per heavy atom. The maximum atomic E-state index is 5.59. The van der Waals surface area contributed by atoms with Crippen molar-refractivity contribution in [1.82, 2.24) is 0 Å². The van der Waals surface area contributed by atoms with E-state index in [0.29, 0.717) is 31.4 Å². The Morgan fingerprint density at radius 3 is 2.25 bits per heavy atom. The van der Waals surface area contributed by atoms with Crippen molar-refractivity contribution >= 4 is 17.2 Å². The molecule has 5 heteroatoms. The van der Waals surface area contributed by atoms with Crippen LogP contribution in [0.15, 0.2) is 24.3 Å². The van der Waals surface area contributed by atoms with E-state index in [-0.39, 0.29) is 0 Å². The van der Waals surface area contributed by atoms with Crippen LogP contribution in [0.1, 0.15) is 25.3 Å². The fraction of sp³-hybridized carbons (Fsp3) is 0.533. The van der Waals surface area contributed by atoms with Gasteiger partial charge in [-0.2, -0.15) is 0 Å². The van der Waals surface area contributed by atoms with Crippen LogP contribution in [-0.2, 0) is 9.47 Å². The summed E-state index contributed by atoms with van der Waals surface area (Å²) in [6.07, 6.45) is 1.90. The van der Waals surface area contributed by atoms with Gasteiger partial charge in [-0.25, -0.2) is 0 Å².